The number of hydrogen-bond acceptors (Lipinski definition) is 2. The third-order valence-corrected chi connectivity index (χ3v) is 3.50. The van der Waals surface area contributed by atoms with Gasteiger partial charge in [0.2, 0.25) is 0 Å². The van der Waals surface area contributed by atoms with Gasteiger partial charge in [-0.05, 0) is 48.9 Å². The highest BCUT2D eigenvalue weighted by Crippen LogP contribution is 2.20. The molecule has 0 aliphatic carbocycles. The van der Waals surface area contributed by atoms with E-state index >= 15 is 0 Å². The summed E-state index contributed by atoms with van der Waals surface area (Å²) in [5.41, 5.74) is 2.27. The van der Waals surface area contributed by atoms with Crippen molar-refractivity contribution < 1.29 is 0 Å². The molecule has 1 N–H and O–H groups in total. The number of anilines is 1. The Labute approximate surface area is 128 Å². The average molecular weight is 285 g/mol. The van der Waals surface area contributed by atoms with Crippen molar-refractivity contribution in [1.29, 1.82) is 0 Å². The minimum Gasteiger partial charge on any atom is -0.382 e. The Morgan fingerprint density at radius 1 is 1.05 bits per heavy atom. The van der Waals surface area contributed by atoms with Crippen molar-refractivity contribution >= 4 is 5.69 Å². The predicted octanol–water partition coefficient (Wildman–Crippen LogP) is 4.75. The molecule has 21 heavy (non-hydrogen) atoms. The van der Waals surface area contributed by atoms with Gasteiger partial charge in [-0.1, -0.05) is 33.8 Å². The molecule has 0 spiro atoms. The lowest BCUT2D eigenvalue weighted by atomic mass is 9.95. The van der Waals surface area contributed by atoms with Crippen molar-refractivity contribution in [2.45, 2.75) is 46.6 Å². The summed E-state index contributed by atoms with van der Waals surface area (Å²) < 4.78 is 1.89. The Balaban J connectivity index is 2.11. The number of rotatable bonds is 7. The second kappa shape index (κ2) is 7.30. The number of aromatic nitrogens is 2. The van der Waals surface area contributed by atoms with Crippen LogP contribution in [0.2, 0.25) is 0 Å². The topological polar surface area (TPSA) is 29.9 Å². The number of nitrogens with zero attached hydrogens (tertiary/aromatic N) is 2. The summed E-state index contributed by atoms with van der Waals surface area (Å²) in [7, 11) is 0. The Bertz CT molecular complexity index is 519. The first kappa shape index (κ1) is 15.6. The molecule has 0 radical (unpaired) electrons. The molecule has 0 atom stereocenters. The van der Waals surface area contributed by atoms with E-state index in [9.17, 15) is 0 Å². The first-order chi connectivity index (χ1) is 10.0. The molecule has 2 aromatic rings. The molecule has 0 saturated carbocycles. The first-order valence-electron chi connectivity index (χ1n) is 7.91. The van der Waals surface area contributed by atoms with Gasteiger partial charge in [-0.3, -0.25) is 0 Å². The van der Waals surface area contributed by atoms with Crippen LogP contribution in [0.25, 0.3) is 5.69 Å². The molecule has 0 fully saturated rings. The molecule has 0 amide bonds. The van der Waals surface area contributed by atoms with E-state index in [-0.39, 0.29) is 0 Å². The number of benzene rings is 1. The van der Waals surface area contributed by atoms with E-state index in [1.165, 1.54) is 18.5 Å². The van der Waals surface area contributed by atoms with E-state index in [0.717, 1.165) is 5.69 Å². The van der Waals surface area contributed by atoms with Crippen molar-refractivity contribution in [1.82, 2.24) is 9.78 Å². The van der Waals surface area contributed by atoms with Crippen LogP contribution in [-0.2, 0) is 0 Å². The van der Waals surface area contributed by atoms with Crippen molar-refractivity contribution in [3.8, 4) is 5.69 Å². The molecular formula is C18H27N3. The molecule has 0 saturated heterocycles. The summed E-state index contributed by atoms with van der Waals surface area (Å²) in [6, 6.07) is 10.9. The maximum atomic E-state index is 4.29. The van der Waals surface area contributed by atoms with Crippen LogP contribution in [0.4, 0.5) is 5.69 Å². The van der Waals surface area contributed by atoms with E-state index in [2.05, 4.69) is 62.4 Å². The second-order valence-electron chi connectivity index (χ2n) is 6.60. The van der Waals surface area contributed by atoms with Crippen molar-refractivity contribution in [3.63, 3.8) is 0 Å². The van der Waals surface area contributed by atoms with E-state index in [4.69, 9.17) is 0 Å². The van der Waals surface area contributed by atoms with Crippen LogP contribution in [0.5, 0.6) is 0 Å². The van der Waals surface area contributed by atoms with Gasteiger partial charge in [-0.25, -0.2) is 4.68 Å². The molecule has 1 aromatic carbocycles. The number of hydrogen-bond donors (Lipinski definition) is 1. The van der Waals surface area contributed by atoms with Crippen molar-refractivity contribution in [3.05, 3.63) is 42.7 Å². The normalized spacial score (nSPS) is 11.6. The van der Waals surface area contributed by atoms with Gasteiger partial charge in [0.25, 0.3) is 0 Å². The van der Waals surface area contributed by atoms with Crippen molar-refractivity contribution in [2.24, 2.45) is 11.8 Å². The van der Waals surface area contributed by atoms with Crippen LogP contribution in [0, 0.1) is 11.8 Å². The van der Waals surface area contributed by atoms with Gasteiger partial charge in [-0.15, -0.1) is 0 Å². The highest BCUT2D eigenvalue weighted by atomic mass is 15.3. The van der Waals surface area contributed by atoms with E-state index in [0.29, 0.717) is 17.9 Å². The van der Waals surface area contributed by atoms with Crippen LogP contribution >= 0.6 is 0 Å². The van der Waals surface area contributed by atoms with Gasteiger partial charge < -0.3 is 5.32 Å². The Morgan fingerprint density at radius 2 is 1.76 bits per heavy atom. The van der Waals surface area contributed by atoms with Crippen LogP contribution in [0.3, 0.4) is 0 Å². The predicted molar refractivity (Wildman–Crippen MR) is 89.9 cm³/mol. The average Bonchev–Trinajstić information content (AvgIpc) is 2.91. The summed E-state index contributed by atoms with van der Waals surface area (Å²) in [6.45, 7) is 9.15. The maximum absolute atomic E-state index is 4.29. The molecule has 114 valence electrons. The summed E-state index contributed by atoms with van der Waals surface area (Å²) in [5.74, 6) is 1.41. The van der Waals surface area contributed by atoms with Gasteiger partial charge >= 0.3 is 0 Å². The molecule has 0 aliphatic heterocycles. The minimum absolute atomic E-state index is 0.526. The highest BCUT2D eigenvalue weighted by Gasteiger charge is 2.13. The van der Waals surface area contributed by atoms with Gasteiger partial charge in [-0.2, -0.15) is 5.10 Å². The lowest BCUT2D eigenvalue weighted by molar-refractivity contribution is 0.442. The third-order valence-electron chi connectivity index (χ3n) is 3.50. The first-order valence-corrected chi connectivity index (χ1v) is 7.91. The van der Waals surface area contributed by atoms with Gasteiger partial charge in [0.1, 0.15) is 0 Å². The van der Waals surface area contributed by atoms with Gasteiger partial charge in [0.15, 0.2) is 0 Å². The van der Waals surface area contributed by atoms with Crippen LogP contribution < -0.4 is 5.32 Å². The minimum atomic E-state index is 0.526. The van der Waals surface area contributed by atoms with E-state index < -0.39 is 0 Å². The van der Waals surface area contributed by atoms with Gasteiger partial charge in [0, 0.05) is 24.1 Å². The molecule has 0 bridgehead atoms. The van der Waals surface area contributed by atoms with Crippen molar-refractivity contribution in [2.75, 3.05) is 5.32 Å². The highest BCUT2D eigenvalue weighted by molar-refractivity contribution is 5.51. The molecule has 1 aromatic heterocycles. The third kappa shape index (κ3) is 4.92. The van der Waals surface area contributed by atoms with Crippen LogP contribution in [0.15, 0.2) is 42.7 Å². The Kier molecular flexibility index (Phi) is 5.43. The zero-order valence-electron chi connectivity index (χ0n) is 13.6. The van der Waals surface area contributed by atoms with Crippen LogP contribution in [-0.4, -0.2) is 15.8 Å². The van der Waals surface area contributed by atoms with E-state index in [1.54, 1.807) is 6.20 Å². The molecule has 3 heteroatoms. The fraction of sp³-hybridized carbons (Fsp3) is 0.500. The lowest BCUT2D eigenvalue weighted by Crippen LogP contribution is -2.23. The summed E-state index contributed by atoms with van der Waals surface area (Å²) in [5, 5.41) is 8.00. The number of nitrogens with one attached hydrogen (secondary N) is 1. The SMILES string of the molecule is CC(C)CC(CC(C)C)Nc1cccc(-n2cccn2)c1. The van der Waals surface area contributed by atoms with E-state index in [1.807, 2.05) is 16.9 Å². The molecular weight excluding hydrogens is 258 g/mol. The monoisotopic (exact) mass is 285 g/mol. The smallest absolute Gasteiger partial charge is 0.0666 e. The lowest BCUT2D eigenvalue weighted by Gasteiger charge is -2.23. The molecule has 3 nitrogen and oxygen atoms in total. The zero-order valence-corrected chi connectivity index (χ0v) is 13.6. The fourth-order valence-corrected chi connectivity index (χ4v) is 2.75. The second-order valence-corrected chi connectivity index (χ2v) is 6.60. The summed E-state index contributed by atoms with van der Waals surface area (Å²) in [6.07, 6.45) is 6.17. The zero-order chi connectivity index (χ0) is 15.2. The Morgan fingerprint density at radius 3 is 2.33 bits per heavy atom. The fourth-order valence-electron chi connectivity index (χ4n) is 2.75. The molecule has 1 heterocycles. The van der Waals surface area contributed by atoms with Crippen LogP contribution in [0.1, 0.15) is 40.5 Å². The largest absolute Gasteiger partial charge is 0.382 e. The quantitative estimate of drug-likeness (QED) is 0.796. The molecule has 0 aliphatic rings. The maximum Gasteiger partial charge on any atom is 0.0666 e. The molecule has 0 unspecified atom stereocenters. The summed E-state index contributed by atoms with van der Waals surface area (Å²) >= 11 is 0. The summed E-state index contributed by atoms with van der Waals surface area (Å²) in [4.78, 5) is 0. The Hall–Kier alpha value is -1.77. The molecule has 2 rings (SSSR count). The standard InChI is InChI=1S/C18H27N3/c1-14(2)11-17(12-15(3)4)20-16-7-5-8-18(13-16)21-10-6-9-19-21/h5-10,13-15,17,20H,11-12H2,1-4H3. The van der Waals surface area contributed by atoms with Gasteiger partial charge in [0.05, 0.1) is 5.69 Å².